The van der Waals surface area contributed by atoms with Gasteiger partial charge >= 0.3 is 0 Å². The van der Waals surface area contributed by atoms with Gasteiger partial charge in [-0.15, -0.1) is 0 Å². The topological polar surface area (TPSA) is 27.0 Å². The van der Waals surface area contributed by atoms with E-state index in [9.17, 15) is 0 Å². The monoisotopic (exact) mass is 151 g/mol. The Balaban J connectivity index is 2.28. The summed E-state index contributed by atoms with van der Waals surface area (Å²) in [5, 5.41) is 0. The molecule has 2 heteroatoms. The normalized spacial score (nSPS) is 9.91. The van der Waals surface area contributed by atoms with Gasteiger partial charge in [0.15, 0.2) is 12.4 Å². The Morgan fingerprint density at radius 1 is 1.45 bits per heavy atom. The van der Waals surface area contributed by atoms with Gasteiger partial charge in [-0.3, -0.25) is 0 Å². The smallest absolute Gasteiger partial charge is 0.188 e. The SMILES string of the molecule is CCCCCc1c[nH+]ccn1. The van der Waals surface area contributed by atoms with Crippen LogP contribution in [0.2, 0.25) is 0 Å². The Labute approximate surface area is 67.7 Å². The van der Waals surface area contributed by atoms with Gasteiger partial charge < -0.3 is 0 Å². The number of unbranched alkanes of at least 4 members (excludes halogenated alkanes) is 2. The van der Waals surface area contributed by atoms with E-state index in [-0.39, 0.29) is 0 Å². The minimum absolute atomic E-state index is 1.10. The molecule has 0 aromatic carbocycles. The average Bonchev–Trinajstić information content (AvgIpc) is 2.07. The number of aromatic nitrogens is 2. The van der Waals surface area contributed by atoms with Gasteiger partial charge in [-0.25, -0.2) is 9.97 Å². The Kier molecular flexibility index (Phi) is 3.59. The van der Waals surface area contributed by atoms with Crippen molar-refractivity contribution in [3.05, 3.63) is 24.3 Å². The molecule has 0 aliphatic rings. The molecule has 0 fully saturated rings. The molecule has 11 heavy (non-hydrogen) atoms. The third-order valence-corrected chi connectivity index (χ3v) is 1.70. The first-order chi connectivity index (χ1) is 5.43. The number of nitrogens with zero attached hydrogens (tertiary/aromatic N) is 1. The van der Waals surface area contributed by atoms with Crippen LogP contribution in [0.3, 0.4) is 0 Å². The number of hydrogen-bond donors (Lipinski definition) is 0. The molecule has 1 aromatic heterocycles. The molecular formula is C9H15N2+. The van der Waals surface area contributed by atoms with Gasteiger partial charge in [0.05, 0.1) is 6.20 Å². The van der Waals surface area contributed by atoms with Gasteiger partial charge in [0, 0.05) is 0 Å². The van der Waals surface area contributed by atoms with Crippen LogP contribution < -0.4 is 4.98 Å². The molecule has 0 amide bonds. The molecule has 0 saturated carbocycles. The van der Waals surface area contributed by atoms with E-state index in [0.29, 0.717) is 0 Å². The molecule has 1 rings (SSSR count). The lowest BCUT2D eigenvalue weighted by atomic mass is 10.2. The van der Waals surface area contributed by atoms with E-state index in [4.69, 9.17) is 0 Å². The highest BCUT2D eigenvalue weighted by atomic mass is 14.8. The summed E-state index contributed by atoms with van der Waals surface area (Å²) in [5.41, 5.74) is 1.17. The molecule has 0 atom stereocenters. The van der Waals surface area contributed by atoms with Crippen molar-refractivity contribution in [3.63, 3.8) is 0 Å². The van der Waals surface area contributed by atoms with Gasteiger partial charge in [0.1, 0.15) is 5.69 Å². The van der Waals surface area contributed by atoms with E-state index in [1.54, 1.807) is 6.20 Å². The van der Waals surface area contributed by atoms with Crippen LogP contribution >= 0.6 is 0 Å². The van der Waals surface area contributed by atoms with Crippen LogP contribution in [0.15, 0.2) is 18.6 Å². The highest BCUT2D eigenvalue weighted by Crippen LogP contribution is 2.00. The van der Waals surface area contributed by atoms with Gasteiger partial charge in [0.25, 0.3) is 0 Å². The summed E-state index contributed by atoms with van der Waals surface area (Å²) >= 11 is 0. The lowest BCUT2D eigenvalue weighted by Gasteiger charge is -1.94. The minimum atomic E-state index is 1.10. The van der Waals surface area contributed by atoms with Crippen LogP contribution in [0.25, 0.3) is 0 Å². The number of aryl methyl sites for hydroxylation is 1. The zero-order chi connectivity index (χ0) is 7.94. The van der Waals surface area contributed by atoms with Gasteiger partial charge in [-0.05, 0) is 12.8 Å². The molecule has 0 saturated heterocycles. The first-order valence-corrected chi connectivity index (χ1v) is 4.24. The average molecular weight is 151 g/mol. The standard InChI is InChI=1S/C9H14N2/c1-2-3-4-5-9-8-10-6-7-11-9/h6-8H,2-5H2,1H3/p+1. The first-order valence-electron chi connectivity index (χ1n) is 4.24. The molecule has 0 bridgehead atoms. The lowest BCUT2D eigenvalue weighted by Crippen LogP contribution is -2.03. The zero-order valence-electron chi connectivity index (χ0n) is 7.01. The van der Waals surface area contributed by atoms with Crippen molar-refractivity contribution in [2.45, 2.75) is 32.6 Å². The Bertz CT molecular complexity index is 184. The summed E-state index contributed by atoms with van der Waals surface area (Å²) in [6.45, 7) is 2.21. The highest BCUT2D eigenvalue weighted by molar-refractivity contribution is 4.89. The quantitative estimate of drug-likeness (QED) is 0.601. The maximum atomic E-state index is 4.22. The molecule has 0 unspecified atom stereocenters. The van der Waals surface area contributed by atoms with Crippen molar-refractivity contribution in [3.8, 4) is 0 Å². The van der Waals surface area contributed by atoms with Crippen molar-refractivity contribution in [1.29, 1.82) is 0 Å². The summed E-state index contributed by atoms with van der Waals surface area (Å²) in [6.07, 6.45) is 10.5. The number of hydrogen-bond acceptors (Lipinski definition) is 1. The van der Waals surface area contributed by atoms with E-state index in [2.05, 4.69) is 16.9 Å². The molecule has 0 spiro atoms. The fraction of sp³-hybridized carbons (Fsp3) is 0.556. The summed E-state index contributed by atoms with van der Waals surface area (Å²) in [6, 6.07) is 0. The Hall–Kier alpha value is -0.920. The minimum Gasteiger partial charge on any atom is -0.249 e. The Morgan fingerprint density at radius 3 is 3.00 bits per heavy atom. The van der Waals surface area contributed by atoms with Crippen LogP contribution in [0.5, 0.6) is 0 Å². The molecule has 0 radical (unpaired) electrons. The van der Waals surface area contributed by atoms with E-state index in [1.807, 2.05) is 12.4 Å². The largest absolute Gasteiger partial charge is 0.249 e. The lowest BCUT2D eigenvalue weighted by molar-refractivity contribution is -0.379. The Morgan fingerprint density at radius 2 is 2.36 bits per heavy atom. The van der Waals surface area contributed by atoms with Crippen LogP contribution in [-0.4, -0.2) is 4.98 Å². The molecule has 1 aromatic rings. The number of rotatable bonds is 4. The molecule has 0 aliphatic carbocycles. The first kappa shape index (κ1) is 8.18. The fourth-order valence-corrected chi connectivity index (χ4v) is 1.05. The number of aromatic amines is 1. The van der Waals surface area contributed by atoms with E-state index in [0.717, 1.165) is 6.42 Å². The zero-order valence-corrected chi connectivity index (χ0v) is 7.01. The molecule has 1 N–H and O–H groups in total. The van der Waals surface area contributed by atoms with E-state index >= 15 is 0 Å². The maximum absolute atomic E-state index is 4.22. The molecule has 60 valence electrons. The van der Waals surface area contributed by atoms with Crippen LogP contribution in [-0.2, 0) is 6.42 Å². The maximum Gasteiger partial charge on any atom is 0.188 e. The van der Waals surface area contributed by atoms with Gasteiger partial charge in [-0.2, -0.15) is 0 Å². The second-order valence-electron chi connectivity index (χ2n) is 2.70. The summed E-state index contributed by atoms with van der Waals surface area (Å²) < 4.78 is 0. The van der Waals surface area contributed by atoms with Crippen molar-refractivity contribution >= 4 is 0 Å². The summed E-state index contributed by atoms with van der Waals surface area (Å²) in [7, 11) is 0. The highest BCUT2D eigenvalue weighted by Gasteiger charge is 1.94. The van der Waals surface area contributed by atoms with Crippen LogP contribution in [0.1, 0.15) is 31.9 Å². The van der Waals surface area contributed by atoms with E-state index < -0.39 is 0 Å². The van der Waals surface area contributed by atoms with Crippen molar-refractivity contribution in [2.24, 2.45) is 0 Å². The molecule has 2 nitrogen and oxygen atoms in total. The van der Waals surface area contributed by atoms with Crippen molar-refractivity contribution < 1.29 is 4.98 Å². The fourth-order valence-electron chi connectivity index (χ4n) is 1.05. The van der Waals surface area contributed by atoms with Gasteiger partial charge in [0.2, 0.25) is 0 Å². The number of H-pyrrole nitrogens is 1. The summed E-state index contributed by atoms with van der Waals surface area (Å²) in [5.74, 6) is 0. The number of nitrogens with one attached hydrogen (secondary N) is 1. The van der Waals surface area contributed by atoms with Crippen LogP contribution in [0.4, 0.5) is 0 Å². The summed E-state index contributed by atoms with van der Waals surface area (Å²) in [4.78, 5) is 7.24. The molecule has 0 aliphatic heterocycles. The predicted octanol–water partition coefficient (Wildman–Crippen LogP) is 1.63. The molecule has 1 heterocycles. The molecular weight excluding hydrogens is 136 g/mol. The van der Waals surface area contributed by atoms with Crippen LogP contribution in [0, 0.1) is 0 Å². The van der Waals surface area contributed by atoms with E-state index in [1.165, 1.54) is 25.0 Å². The predicted molar refractivity (Wildman–Crippen MR) is 44.0 cm³/mol. The third-order valence-electron chi connectivity index (χ3n) is 1.70. The van der Waals surface area contributed by atoms with Gasteiger partial charge in [-0.1, -0.05) is 19.8 Å². The second kappa shape index (κ2) is 4.83. The second-order valence-corrected chi connectivity index (χ2v) is 2.70. The van der Waals surface area contributed by atoms with Crippen molar-refractivity contribution in [1.82, 2.24) is 4.98 Å². The van der Waals surface area contributed by atoms with Crippen molar-refractivity contribution in [2.75, 3.05) is 0 Å². The third kappa shape index (κ3) is 3.12.